The van der Waals surface area contributed by atoms with Crippen molar-refractivity contribution in [2.75, 3.05) is 19.4 Å². The molecule has 0 bridgehead atoms. The van der Waals surface area contributed by atoms with Crippen molar-refractivity contribution in [2.24, 2.45) is 14.1 Å². The maximum Gasteiger partial charge on any atom is 0.254 e. The van der Waals surface area contributed by atoms with E-state index in [1.807, 2.05) is 37.4 Å². The number of amides is 1. The first-order chi connectivity index (χ1) is 17.8. The predicted octanol–water partition coefficient (Wildman–Crippen LogP) is 3.70. The Hall–Kier alpha value is -4.55. The minimum atomic E-state index is -0.228. The number of nitrogen functional groups attached to an aromatic ring is 1. The van der Waals surface area contributed by atoms with E-state index in [0.717, 1.165) is 27.4 Å². The van der Waals surface area contributed by atoms with E-state index in [9.17, 15) is 4.79 Å². The van der Waals surface area contributed by atoms with Gasteiger partial charge in [-0.3, -0.25) is 14.2 Å². The Labute approximate surface area is 217 Å². The van der Waals surface area contributed by atoms with Crippen LogP contribution in [-0.4, -0.2) is 49.0 Å². The minimum absolute atomic E-state index is 0.120. The van der Waals surface area contributed by atoms with Crippen molar-refractivity contribution in [2.45, 2.75) is 6.04 Å². The van der Waals surface area contributed by atoms with Crippen LogP contribution in [0.3, 0.4) is 0 Å². The van der Waals surface area contributed by atoms with Gasteiger partial charge in [-0.15, -0.1) is 0 Å². The van der Waals surface area contributed by atoms with Gasteiger partial charge in [0, 0.05) is 49.4 Å². The number of likely N-dealkylation sites (N-methyl/N-ethyl adjacent to an activating group) is 1. The standard InChI is InChI=1S/C27H22ClN7O2/c1-33-13-17(25(28)32-33)6-4-15-5-8-18-22(14-37-23(18)10-15)34(2)27(36)16-7-9-21-19(11-16)24-20(26(29)31-21)12-30-35(24)3/h5,7-13,22H,14H2,1-3H3,(H2,29,31)/t22-/m1/s1. The molecule has 184 valence electrons. The van der Waals surface area contributed by atoms with Gasteiger partial charge in [-0.1, -0.05) is 29.5 Å². The molecular formula is C27H22ClN7O2. The number of fused-ring (bicyclic) bond motifs is 4. The number of anilines is 1. The van der Waals surface area contributed by atoms with Crippen LogP contribution >= 0.6 is 11.6 Å². The summed E-state index contributed by atoms with van der Waals surface area (Å²) in [4.78, 5) is 19.7. The third-order valence-corrected chi connectivity index (χ3v) is 6.92. The van der Waals surface area contributed by atoms with Crippen molar-refractivity contribution in [3.05, 3.63) is 76.2 Å². The van der Waals surface area contributed by atoms with Crippen LogP contribution in [0.25, 0.3) is 21.8 Å². The fourth-order valence-corrected chi connectivity index (χ4v) is 4.93. The van der Waals surface area contributed by atoms with Gasteiger partial charge in [-0.05, 0) is 30.3 Å². The summed E-state index contributed by atoms with van der Waals surface area (Å²) in [5.41, 5.74) is 10.6. The van der Waals surface area contributed by atoms with E-state index in [1.165, 1.54) is 0 Å². The van der Waals surface area contributed by atoms with Crippen LogP contribution in [0.15, 0.2) is 48.8 Å². The number of nitrogens with zero attached hydrogens (tertiary/aromatic N) is 6. The molecule has 6 rings (SSSR count). The molecule has 0 aliphatic carbocycles. The molecule has 2 aromatic carbocycles. The van der Waals surface area contributed by atoms with Crippen LogP contribution in [-0.2, 0) is 14.1 Å². The molecular weight excluding hydrogens is 490 g/mol. The summed E-state index contributed by atoms with van der Waals surface area (Å²) in [6.45, 7) is 0.362. The molecule has 0 unspecified atom stereocenters. The monoisotopic (exact) mass is 511 g/mol. The number of hydrogen-bond donors (Lipinski definition) is 1. The van der Waals surface area contributed by atoms with Crippen LogP contribution in [0.5, 0.6) is 5.75 Å². The molecule has 10 heteroatoms. The lowest BCUT2D eigenvalue weighted by Crippen LogP contribution is -2.32. The van der Waals surface area contributed by atoms with Crippen LogP contribution in [0.4, 0.5) is 5.82 Å². The number of benzene rings is 2. The largest absolute Gasteiger partial charge is 0.491 e. The summed E-state index contributed by atoms with van der Waals surface area (Å²) in [5.74, 6) is 7.16. The molecule has 9 nitrogen and oxygen atoms in total. The first kappa shape index (κ1) is 22.9. The van der Waals surface area contributed by atoms with Crippen molar-refractivity contribution in [1.82, 2.24) is 29.4 Å². The van der Waals surface area contributed by atoms with Crippen molar-refractivity contribution in [3.8, 4) is 17.6 Å². The molecule has 1 atom stereocenters. The van der Waals surface area contributed by atoms with Gasteiger partial charge in [0.05, 0.1) is 34.2 Å². The highest BCUT2D eigenvalue weighted by Gasteiger charge is 2.31. The van der Waals surface area contributed by atoms with Gasteiger partial charge in [0.1, 0.15) is 18.2 Å². The molecule has 1 amide bonds. The number of hydrogen-bond acceptors (Lipinski definition) is 6. The maximum atomic E-state index is 13.5. The second kappa shape index (κ2) is 8.54. The van der Waals surface area contributed by atoms with Gasteiger partial charge in [0.2, 0.25) is 0 Å². The van der Waals surface area contributed by atoms with Crippen LogP contribution in [0.2, 0.25) is 5.15 Å². The molecule has 1 aliphatic rings. The molecule has 3 aromatic heterocycles. The Balaban J connectivity index is 1.28. The zero-order chi connectivity index (χ0) is 25.8. The highest BCUT2D eigenvalue weighted by atomic mass is 35.5. The Morgan fingerprint density at radius 2 is 2.03 bits per heavy atom. The minimum Gasteiger partial charge on any atom is -0.491 e. The zero-order valence-corrected chi connectivity index (χ0v) is 21.1. The lowest BCUT2D eigenvalue weighted by atomic mass is 10.0. The fourth-order valence-electron chi connectivity index (χ4n) is 4.71. The van der Waals surface area contributed by atoms with Crippen molar-refractivity contribution >= 4 is 45.1 Å². The number of halogens is 1. The van der Waals surface area contributed by atoms with Gasteiger partial charge in [0.15, 0.2) is 5.15 Å². The van der Waals surface area contributed by atoms with Crippen LogP contribution in [0.1, 0.15) is 33.1 Å². The van der Waals surface area contributed by atoms with Gasteiger partial charge < -0.3 is 15.4 Å². The van der Waals surface area contributed by atoms with E-state index in [4.69, 9.17) is 22.1 Å². The number of pyridine rings is 1. The Kier molecular flexibility index (Phi) is 5.28. The first-order valence-corrected chi connectivity index (χ1v) is 11.9. The zero-order valence-electron chi connectivity index (χ0n) is 20.4. The summed E-state index contributed by atoms with van der Waals surface area (Å²) in [6.07, 6.45) is 3.46. The second-order valence-corrected chi connectivity index (χ2v) is 9.37. The van der Waals surface area contributed by atoms with Crippen molar-refractivity contribution < 1.29 is 9.53 Å². The van der Waals surface area contributed by atoms with Gasteiger partial charge in [0.25, 0.3) is 5.91 Å². The number of aryl methyl sites for hydroxylation is 2. The Bertz CT molecular complexity index is 1790. The highest BCUT2D eigenvalue weighted by molar-refractivity contribution is 6.30. The van der Waals surface area contributed by atoms with Gasteiger partial charge in [-0.2, -0.15) is 10.2 Å². The third-order valence-electron chi connectivity index (χ3n) is 6.64. The molecule has 0 fully saturated rings. The van der Waals surface area contributed by atoms with Gasteiger partial charge in [-0.25, -0.2) is 4.98 Å². The van der Waals surface area contributed by atoms with Crippen molar-refractivity contribution in [1.29, 1.82) is 0 Å². The van der Waals surface area contributed by atoms with Gasteiger partial charge >= 0.3 is 0 Å². The molecule has 0 radical (unpaired) electrons. The van der Waals surface area contributed by atoms with E-state index in [-0.39, 0.29) is 11.9 Å². The Morgan fingerprint density at radius 1 is 1.19 bits per heavy atom. The number of ether oxygens (including phenoxy) is 1. The number of nitrogens with two attached hydrogens (primary N) is 1. The normalized spacial score (nSPS) is 14.3. The van der Waals surface area contributed by atoms with E-state index >= 15 is 0 Å². The maximum absolute atomic E-state index is 13.5. The summed E-state index contributed by atoms with van der Waals surface area (Å²) in [5, 5.41) is 10.4. The number of carbonyl (C=O) groups excluding carboxylic acids is 1. The number of rotatable bonds is 2. The number of aromatic nitrogens is 5. The molecule has 4 heterocycles. The van der Waals surface area contributed by atoms with E-state index in [0.29, 0.717) is 40.0 Å². The fraction of sp³-hybridized carbons (Fsp3) is 0.185. The first-order valence-electron chi connectivity index (χ1n) is 11.6. The lowest BCUT2D eigenvalue weighted by Gasteiger charge is -2.24. The topological polar surface area (TPSA) is 104 Å². The van der Waals surface area contributed by atoms with E-state index < -0.39 is 0 Å². The van der Waals surface area contributed by atoms with Crippen LogP contribution in [0, 0.1) is 11.8 Å². The second-order valence-electron chi connectivity index (χ2n) is 9.01. The lowest BCUT2D eigenvalue weighted by molar-refractivity contribution is 0.0708. The van der Waals surface area contributed by atoms with Crippen LogP contribution < -0.4 is 10.5 Å². The summed E-state index contributed by atoms with van der Waals surface area (Å²) < 4.78 is 9.31. The number of carbonyl (C=O) groups is 1. The SMILES string of the molecule is CN(C(=O)c1ccc2nc(N)c3cnn(C)c3c2c1)[C@@H]1COc2cc(C#Cc3cn(C)nc3Cl)ccc21. The quantitative estimate of drug-likeness (QED) is 0.362. The Morgan fingerprint density at radius 3 is 2.81 bits per heavy atom. The molecule has 37 heavy (non-hydrogen) atoms. The average Bonchev–Trinajstić information content (AvgIpc) is 3.58. The van der Waals surface area contributed by atoms with E-state index in [1.54, 1.807) is 46.8 Å². The molecule has 0 spiro atoms. The molecule has 1 aliphatic heterocycles. The van der Waals surface area contributed by atoms with E-state index in [2.05, 4.69) is 27.0 Å². The molecule has 0 saturated heterocycles. The average molecular weight is 512 g/mol. The summed E-state index contributed by atoms with van der Waals surface area (Å²) in [6, 6.07) is 11.0. The molecule has 0 saturated carbocycles. The smallest absolute Gasteiger partial charge is 0.254 e. The predicted molar refractivity (Wildman–Crippen MR) is 141 cm³/mol. The summed E-state index contributed by atoms with van der Waals surface area (Å²) >= 11 is 6.10. The van der Waals surface area contributed by atoms with Crippen molar-refractivity contribution in [3.63, 3.8) is 0 Å². The highest BCUT2D eigenvalue weighted by Crippen LogP contribution is 2.37. The summed E-state index contributed by atoms with van der Waals surface area (Å²) in [7, 11) is 5.43. The molecule has 5 aromatic rings. The molecule has 2 N–H and O–H groups in total. The third kappa shape index (κ3) is 3.82.